The lowest BCUT2D eigenvalue weighted by Crippen LogP contribution is -2.38. The Morgan fingerprint density at radius 2 is 2.00 bits per heavy atom. The normalized spacial score (nSPS) is 21.2. The molecule has 4 rings (SSSR count). The number of ether oxygens (including phenoxy) is 2. The van der Waals surface area contributed by atoms with Gasteiger partial charge in [0.05, 0.1) is 26.0 Å². The van der Waals surface area contributed by atoms with E-state index in [-0.39, 0.29) is 12.1 Å². The molecule has 0 bridgehead atoms. The summed E-state index contributed by atoms with van der Waals surface area (Å²) in [6.07, 6.45) is 4.22. The maximum atomic E-state index is 11.7. The average molecular weight is 353 g/mol. The van der Waals surface area contributed by atoms with Gasteiger partial charge in [-0.05, 0) is 5.56 Å². The number of morpholine rings is 1. The summed E-state index contributed by atoms with van der Waals surface area (Å²) in [7, 11) is 0. The first-order valence-corrected chi connectivity index (χ1v) is 9.01. The number of esters is 1. The zero-order valence-corrected chi connectivity index (χ0v) is 14.8. The van der Waals surface area contributed by atoms with E-state index in [1.807, 2.05) is 35.1 Å². The van der Waals surface area contributed by atoms with Crippen LogP contribution in [0.15, 0.2) is 48.8 Å². The molecule has 0 radical (unpaired) electrons. The minimum atomic E-state index is -0.300. The smallest absolute Gasteiger partial charge is 0.334 e. The highest BCUT2D eigenvalue weighted by atomic mass is 16.5. The van der Waals surface area contributed by atoms with E-state index < -0.39 is 0 Å². The van der Waals surface area contributed by atoms with Crippen LogP contribution >= 0.6 is 0 Å². The zero-order valence-electron chi connectivity index (χ0n) is 14.8. The van der Waals surface area contributed by atoms with Crippen molar-refractivity contribution >= 4 is 5.97 Å². The molecule has 1 atom stereocenters. The van der Waals surface area contributed by atoms with Gasteiger partial charge < -0.3 is 9.47 Å². The van der Waals surface area contributed by atoms with Crippen molar-refractivity contribution in [1.29, 1.82) is 0 Å². The Labute approximate surface area is 153 Å². The van der Waals surface area contributed by atoms with Gasteiger partial charge in [-0.3, -0.25) is 9.58 Å². The first kappa shape index (κ1) is 17.0. The van der Waals surface area contributed by atoms with Crippen LogP contribution in [0.2, 0.25) is 0 Å². The van der Waals surface area contributed by atoms with Crippen molar-refractivity contribution in [2.75, 3.05) is 32.8 Å². The molecule has 6 heteroatoms. The van der Waals surface area contributed by atoms with Crippen molar-refractivity contribution in [1.82, 2.24) is 14.7 Å². The summed E-state index contributed by atoms with van der Waals surface area (Å²) in [6, 6.07) is 8.02. The third kappa shape index (κ3) is 3.57. The SMILES string of the molecule is C=C1C[C@H](c2ccccc2-c2cnn(CCN3CCOCC3)c2)OC1=O. The van der Waals surface area contributed by atoms with Crippen molar-refractivity contribution in [3.8, 4) is 11.1 Å². The summed E-state index contributed by atoms with van der Waals surface area (Å²) in [5.41, 5.74) is 3.63. The molecule has 2 fully saturated rings. The summed E-state index contributed by atoms with van der Waals surface area (Å²) in [6.45, 7) is 9.17. The monoisotopic (exact) mass is 353 g/mol. The van der Waals surface area contributed by atoms with Gasteiger partial charge in [0.15, 0.2) is 0 Å². The number of carbonyl (C=O) groups excluding carboxylic acids is 1. The molecule has 2 aromatic rings. The molecule has 1 aromatic heterocycles. The minimum Gasteiger partial charge on any atom is -0.454 e. The van der Waals surface area contributed by atoms with E-state index in [0.29, 0.717) is 12.0 Å². The summed E-state index contributed by atoms with van der Waals surface area (Å²) < 4.78 is 12.8. The lowest BCUT2D eigenvalue weighted by Gasteiger charge is -2.26. The molecule has 26 heavy (non-hydrogen) atoms. The van der Waals surface area contributed by atoms with Gasteiger partial charge in [0, 0.05) is 49.0 Å². The van der Waals surface area contributed by atoms with Crippen LogP contribution in [-0.4, -0.2) is 53.5 Å². The van der Waals surface area contributed by atoms with E-state index in [9.17, 15) is 4.79 Å². The molecule has 0 amide bonds. The molecule has 1 aromatic carbocycles. The van der Waals surface area contributed by atoms with Crippen LogP contribution in [0.5, 0.6) is 0 Å². The number of hydrogen-bond acceptors (Lipinski definition) is 5. The molecular formula is C20H23N3O3. The molecular weight excluding hydrogens is 330 g/mol. The predicted molar refractivity (Wildman–Crippen MR) is 97.5 cm³/mol. The van der Waals surface area contributed by atoms with Gasteiger partial charge in [-0.25, -0.2) is 4.79 Å². The molecule has 0 spiro atoms. The second-order valence-electron chi connectivity index (χ2n) is 6.73. The van der Waals surface area contributed by atoms with Crippen LogP contribution in [-0.2, 0) is 20.8 Å². The number of carbonyl (C=O) groups is 1. The third-order valence-electron chi connectivity index (χ3n) is 4.97. The Hall–Kier alpha value is -2.44. The van der Waals surface area contributed by atoms with Crippen molar-refractivity contribution in [2.45, 2.75) is 19.1 Å². The molecule has 2 saturated heterocycles. The first-order valence-electron chi connectivity index (χ1n) is 9.01. The summed E-state index contributed by atoms with van der Waals surface area (Å²) in [4.78, 5) is 14.1. The molecule has 3 heterocycles. The second-order valence-corrected chi connectivity index (χ2v) is 6.73. The van der Waals surface area contributed by atoms with Crippen molar-refractivity contribution in [3.05, 3.63) is 54.4 Å². The number of rotatable bonds is 5. The fourth-order valence-electron chi connectivity index (χ4n) is 3.47. The third-order valence-corrected chi connectivity index (χ3v) is 4.97. The van der Waals surface area contributed by atoms with E-state index in [2.05, 4.69) is 22.8 Å². The Bertz CT molecular complexity index is 792. The Kier molecular flexibility index (Phi) is 4.86. The summed E-state index contributed by atoms with van der Waals surface area (Å²) in [5, 5.41) is 4.51. The van der Waals surface area contributed by atoms with Crippen molar-refractivity contribution < 1.29 is 14.3 Å². The number of aromatic nitrogens is 2. The van der Waals surface area contributed by atoms with Gasteiger partial charge in [-0.15, -0.1) is 0 Å². The molecule has 0 N–H and O–H groups in total. The highest BCUT2D eigenvalue weighted by Crippen LogP contribution is 2.37. The number of nitrogens with zero attached hydrogens (tertiary/aromatic N) is 3. The van der Waals surface area contributed by atoms with E-state index in [1.54, 1.807) is 0 Å². The van der Waals surface area contributed by atoms with Gasteiger partial charge in [0.2, 0.25) is 0 Å². The lowest BCUT2D eigenvalue weighted by molar-refractivity contribution is -0.139. The maximum absolute atomic E-state index is 11.7. The molecule has 0 saturated carbocycles. The van der Waals surface area contributed by atoms with Crippen LogP contribution in [0, 0.1) is 0 Å². The van der Waals surface area contributed by atoms with Gasteiger partial charge in [-0.2, -0.15) is 5.10 Å². The van der Waals surface area contributed by atoms with E-state index in [1.165, 1.54) is 0 Å². The van der Waals surface area contributed by atoms with E-state index >= 15 is 0 Å². The van der Waals surface area contributed by atoms with Crippen LogP contribution in [0.1, 0.15) is 18.1 Å². The molecule has 6 nitrogen and oxygen atoms in total. The first-order chi connectivity index (χ1) is 12.7. The number of benzene rings is 1. The maximum Gasteiger partial charge on any atom is 0.334 e. The standard InChI is InChI=1S/C20H23N3O3/c1-15-12-19(26-20(15)24)18-5-3-2-4-17(18)16-13-21-23(14-16)7-6-22-8-10-25-11-9-22/h2-5,13-14,19H,1,6-12H2/t19-/m1/s1. The Morgan fingerprint density at radius 1 is 1.19 bits per heavy atom. The predicted octanol–water partition coefficient (Wildman–Crippen LogP) is 2.43. The average Bonchev–Trinajstić information content (AvgIpc) is 3.28. The van der Waals surface area contributed by atoms with E-state index in [0.717, 1.165) is 56.1 Å². The van der Waals surface area contributed by atoms with Gasteiger partial charge in [0.25, 0.3) is 0 Å². The Balaban J connectivity index is 1.49. The quantitative estimate of drug-likeness (QED) is 0.610. The van der Waals surface area contributed by atoms with Crippen molar-refractivity contribution in [2.24, 2.45) is 0 Å². The highest BCUT2D eigenvalue weighted by molar-refractivity contribution is 5.90. The second kappa shape index (κ2) is 7.43. The van der Waals surface area contributed by atoms with Crippen LogP contribution < -0.4 is 0 Å². The molecule has 0 aliphatic carbocycles. The molecule has 2 aliphatic rings. The number of hydrogen-bond donors (Lipinski definition) is 0. The van der Waals surface area contributed by atoms with Crippen molar-refractivity contribution in [3.63, 3.8) is 0 Å². The van der Waals surface area contributed by atoms with Gasteiger partial charge in [0.1, 0.15) is 6.10 Å². The number of cyclic esters (lactones) is 1. The van der Waals surface area contributed by atoms with Crippen LogP contribution in [0.25, 0.3) is 11.1 Å². The summed E-state index contributed by atoms with van der Waals surface area (Å²) >= 11 is 0. The van der Waals surface area contributed by atoms with Gasteiger partial charge in [-0.1, -0.05) is 30.8 Å². The summed E-state index contributed by atoms with van der Waals surface area (Å²) in [5.74, 6) is -0.300. The highest BCUT2D eigenvalue weighted by Gasteiger charge is 2.30. The van der Waals surface area contributed by atoms with E-state index in [4.69, 9.17) is 9.47 Å². The lowest BCUT2D eigenvalue weighted by atomic mass is 9.96. The largest absolute Gasteiger partial charge is 0.454 e. The topological polar surface area (TPSA) is 56.6 Å². The van der Waals surface area contributed by atoms with Crippen LogP contribution in [0.4, 0.5) is 0 Å². The van der Waals surface area contributed by atoms with Gasteiger partial charge >= 0.3 is 5.97 Å². The van der Waals surface area contributed by atoms with Crippen LogP contribution in [0.3, 0.4) is 0 Å². The zero-order chi connectivity index (χ0) is 17.9. The minimum absolute atomic E-state index is 0.261. The fourth-order valence-corrected chi connectivity index (χ4v) is 3.47. The Morgan fingerprint density at radius 3 is 2.77 bits per heavy atom. The fraction of sp³-hybridized carbons (Fsp3) is 0.400. The molecule has 136 valence electrons. The molecule has 2 aliphatic heterocycles. The molecule has 0 unspecified atom stereocenters.